The Labute approximate surface area is 157 Å². The number of anilines is 1. The number of nitrogen functional groups attached to an aromatic ring is 1. The number of hydrogen-bond acceptors (Lipinski definition) is 7. The number of fused-ring (bicyclic) bond motifs is 3. The van der Waals surface area contributed by atoms with E-state index in [1.807, 2.05) is 5.38 Å². The lowest BCUT2D eigenvalue weighted by molar-refractivity contribution is 0.363. The standard InChI is InChI=1S/C19H13N5O2S/c1-2-8-26-12-5-3-11(4-6-12)14-13(10-20)16(21)22-17-15(14)18(25)23-19-24(17)7-9-27-19/h2-7,9H,1,8H2,(H2,21,22). The number of rotatable bonds is 4. The number of aromatic nitrogens is 3. The van der Waals surface area contributed by atoms with E-state index in [1.54, 1.807) is 40.9 Å². The molecule has 0 aliphatic rings. The molecule has 27 heavy (non-hydrogen) atoms. The quantitative estimate of drug-likeness (QED) is 0.550. The van der Waals surface area contributed by atoms with Crippen LogP contribution < -0.4 is 16.0 Å². The number of benzene rings is 1. The molecule has 3 heterocycles. The zero-order valence-electron chi connectivity index (χ0n) is 14.0. The Hall–Kier alpha value is -3.70. The van der Waals surface area contributed by atoms with E-state index in [4.69, 9.17) is 10.5 Å². The van der Waals surface area contributed by atoms with Crippen LogP contribution in [-0.4, -0.2) is 21.0 Å². The van der Waals surface area contributed by atoms with Crippen molar-refractivity contribution in [3.05, 3.63) is 64.4 Å². The molecular formula is C19H13N5O2S. The Bertz CT molecular complexity index is 1280. The van der Waals surface area contributed by atoms with Crippen LogP contribution in [0.3, 0.4) is 0 Å². The first-order valence-electron chi connectivity index (χ1n) is 7.97. The Balaban J connectivity index is 2.05. The van der Waals surface area contributed by atoms with Gasteiger partial charge in [0.2, 0.25) is 0 Å². The van der Waals surface area contributed by atoms with E-state index in [0.717, 1.165) is 0 Å². The smallest absolute Gasteiger partial charge is 0.284 e. The van der Waals surface area contributed by atoms with Crippen molar-refractivity contribution >= 4 is 33.1 Å². The van der Waals surface area contributed by atoms with Gasteiger partial charge in [-0.05, 0) is 17.7 Å². The molecule has 0 bridgehead atoms. The second kappa shape index (κ2) is 6.55. The molecule has 4 aromatic rings. The highest BCUT2D eigenvalue weighted by molar-refractivity contribution is 7.15. The number of hydrogen-bond donors (Lipinski definition) is 1. The van der Waals surface area contributed by atoms with Gasteiger partial charge in [-0.2, -0.15) is 10.2 Å². The molecule has 0 radical (unpaired) electrons. The molecule has 1 aromatic carbocycles. The van der Waals surface area contributed by atoms with Gasteiger partial charge in [-0.3, -0.25) is 9.20 Å². The number of nitriles is 1. The molecule has 0 spiro atoms. The van der Waals surface area contributed by atoms with Gasteiger partial charge in [0.15, 0.2) is 10.6 Å². The van der Waals surface area contributed by atoms with Crippen molar-refractivity contribution in [2.24, 2.45) is 0 Å². The van der Waals surface area contributed by atoms with Crippen LogP contribution in [0.25, 0.3) is 27.1 Å². The molecular weight excluding hydrogens is 362 g/mol. The van der Waals surface area contributed by atoms with Crippen LogP contribution in [0.15, 0.2) is 53.3 Å². The largest absolute Gasteiger partial charge is 0.490 e. The van der Waals surface area contributed by atoms with Crippen LogP contribution >= 0.6 is 11.3 Å². The molecule has 0 amide bonds. The lowest BCUT2D eigenvalue weighted by atomic mass is 9.98. The van der Waals surface area contributed by atoms with E-state index in [-0.39, 0.29) is 16.8 Å². The summed E-state index contributed by atoms with van der Waals surface area (Å²) in [5.74, 6) is 0.719. The van der Waals surface area contributed by atoms with Crippen molar-refractivity contribution in [3.63, 3.8) is 0 Å². The van der Waals surface area contributed by atoms with Crippen LogP contribution in [0.5, 0.6) is 5.75 Å². The highest BCUT2D eigenvalue weighted by atomic mass is 32.1. The first kappa shape index (κ1) is 16.8. The van der Waals surface area contributed by atoms with Crippen molar-refractivity contribution in [3.8, 4) is 22.9 Å². The molecule has 0 fully saturated rings. The minimum atomic E-state index is -0.446. The normalized spacial score (nSPS) is 10.8. The second-order valence-corrected chi connectivity index (χ2v) is 6.53. The SMILES string of the molecule is C=CCOc1ccc(-c2c(C#N)c(N)nc3c2c(=O)nc2sccn23)cc1. The van der Waals surface area contributed by atoms with Gasteiger partial charge in [0.1, 0.15) is 29.8 Å². The van der Waals surface area contributed by atoms with E-state index < -0.39 is 5.56 Å². The predicted molar refractivity (Wildman–Crippen MR) is 105 cm³/mol. The van der Waals surface area contributed by atoms with Crippen LogP contribution in [0, 0.1) is 11.3 Å². The molecule has 0 saturated heterocycles. The summed E-state index contributed by atoms with van der Waals surface area (Å²) in [6.07, 6.45) is 3.42. The van der Waals surface area contributed by atoms with Gasteiger partial charge in [-0.25, -0.2) is 4.98 Å². The van der Waals surface area contributed by atoms with Crippen LogP contribution in [-0.2, 0) is 0 Å². The van der Waals surface area contributed by atoms with Crippen LogP contribution in [0.2, 0.25) is 0 Å². The highest BCUT2D eigenvalue weighted by Gasteiger charge is 2.20. The molecule has 132 valence electrons. The zero-order valence-corrected chi connectivity index (χ0v) is 14.9. The fourth-order valence-electron chi connectivity index (χ4n) is 2.90. The predicted octanol–water partition coefficient (Wildman–Crippen LogP) is 2.99. The van der Waals surface area contributed by atoms with E-state index in [0.29, 0.717) is 34.1 Å². The minimum Gasteiger partial charge on any atom is -0.490 e. The first-order chi connectivity index (χ1) is 13.1. The van der Waals surface area contributed by atoms with Crippen molar-refractivity contribution in [2.45, 2.75) is 0 Å². The highest BCUT2D eigenvalue weighted by Crippen LogP contribution is 2.33. The summed E-state index contributed by atoms with van der Waals surface area (Å²) in [5.41, 5.74) is 7.20. The molecule has 3 aromatic heterocycles. The van der Waals surface area contributed by atoms with Crippen LogP contribution in [0.4, 0.5) is 5.82 Å². The van der Waals surface area contributed by atoms with Gasteiger partial charge < -0.3 is 10.5 Å². The lowest BCUT2D eigenvalue weighted by Crippen LogP contribution is -2.13. The fourth-order valence-corrected chi connectivity index (χ4v) is 3.60. The maximum absolute atomic E-state index is 12.7. The van der Waals surface area contributed by atoms with Gasteiger partial charge >= 0.3 is 0 Å². The summed E-state index contributed by atoms with van der Waals surface area (Å²) >= 11 is 1.32. The third-order valence-corrected chi connectivity index (χ3v) is 4.81. The number of thiazole rings is 1. The van der Waals surface area contributed by atoms with Gasteiger partial charge in [-0.15, -0.1) is 11.3 Å². The molecule has 0 unspecified atom stereocenters. The maximum atomic E-state index is 12.7. The third-order valence-electron chi connectivity index (χ3n) is 4.06. The van der Waals surface area contributed by atoms with E-state index >= 15 is 0 Å². The Morgan fingerprint density at radius 3 is 2.81 bits per heavy atom. The Morgan fingerprint density at radius 2 is 2.11 bits per heavy atom. The molecule has 0 saturated carbocycles. The summed E-state index contributed by atoms with van der Waals surface area (Å²) in [4.78, 5) is 21.7. The zero-order chi connectivity index (χ0) is 19.0. The third kappa shape index (κ3) is 2.70. The number of pyridine rings is 1. The molecule has 8 heteroatoms. The summed E-state index contributed by atoms with van der Waals surface area (Å²) in [7, 11) is 0. The second-order valence-electron chi connectivity index (χ2n) is 5.65. The van der Waals surface area contributed by atoms with Gasteiger partial charge in [0.25, 0.3) is 5.56 Å². The molecule has 7 nitrogen and oxygen atoms in total. The summed E-state index contributed by atoms with van der Waals surface area (Å²) in [6.45, 7) is 4.00. The summed E-state index contributed by atoms with van der Waals surface area (Å²) in [5, 5.41) is 11.7. The molecule has 0 aliphatic carbocycles. The topological polar surface area (TPSA) is 106 Å². The van der Waals surface area contributed by atoms with Crippen LogP contribution in [0.1, 0.15) is 5.56 Å². The number of nitrogens with two attached hydrogens (primary N) is 1. The lowest BCUT2D eigenvalue weighted by Gasteiger charge is -2.12. The van der Waals surface area contributed by atoms with Crippen molar-refractivity contribution in [1.29, 1.82) is 5.26 Å². The summed E-state index contributed by atoms with van der Waals surface area (Å²) < 4.78 is 7.19. The molecule has 0 aliphatic heterocycles. The number of nitrogens with zero attached hydrogens (tertiary/aromatic N) is 4. The summed E-state index contributed by atoms with van der Waals surface area (Å²) in [6, 6.07) is 9.13. The molecule has 2 N–H and O–H groups in total. The first-order valence-corrected chi connectivity index (χ1v) is 8.85. The van der Waals surface area contributed by atoms with Crippen molar-refractivity contribution in [2.75, 3.05) is 12.3 Å². The molecule has 0 atom stereocenters. The Kier molecular flexibility index (Phi) is 4.06. The maximum Gasteiger partial charge on any atom is 0.284 e. The van der Waals surface area contributed by atoms with Crippen molar-refractivity contribution < 1.29 is 4.74 Å². The van der Waals surface area contributed by atoms with Crippen molar-refractivity contribution in [1.82, 2.24) is 14.4 Å². The van der Waals surface area contributed by atoms with E-state index in [1.165, 1.54) is 11.3 Å². The van der Waals surface area contributed by atoms with Gasteiger partial charge in [-0.1, -0.05) is 24.8 Å². The number of ether oxygens (including phenoxy) is 1. The van der Waals surface area contributed by atoms with E-state index in [2.05, 4.69) is 22.6 Å². The fraction of sp³-hybridized carbons (Fsp3) is 0.0526. The molecule has 4 rings (SSSR count). The average molecular weight is 375 g/mol. The van der Waals surface area contributed by atoms with Gasteiger partial charge in [0, 0.05) is 17.1 Å². The minimum absolute atomic E-state index is 0.0672. The van der Waals surface area contributed by atoms with Gasteiger partial charge in [0.05, 0.1) is 5.39 Å². The monoisotopic (exact) mass is 375 g/mol. The Morgan fingerprint density at radius 1 is 1.33 bits per heavy atom. The van der Waals surface area contributed by atoms with E-state index in [9.17, 15) is 10.1 Å². The average Bonchev–Trinajstić information content (AvgIpc) is 3.14.